The Morgan fingerprint density at radius 1 is 1.32 bits per heavy atom. The summed E-state index contributed by atoms with van der Waals surface area (Å²) < 4.78 is 10.5. The van der Waals surface area contributed by atoms with Gasteiger partial charge >= 0.3 is 5.97 Å². The zero-order valence-corrected chi connectivity index (χ0v) is 14.4. The molecule has 25 heavy (non-hydrogen) atoms. The van der Waals surface area contributed by atoms with E-state index in [0.29, 0.717) is 18.9 Å². The maximum atomic E-state index is 11.7. The van der Waals surface area contributed by atoms with Gasteiger partial charge in [-0.05, 0) is 19.1 Å². The Kier molecular flexibility index (Phi) is 4.69. The Labute approximate surface area is 145 Å². The fourth-order valence-corrected chi connectivity index (χ4v) is 3.08. The first-order chi connectivity index (χ1) is 12.0. The number of amides is 1. The molecular formula is C17H20N4O4. The topological polar surface area (TPSA) is 97.6 Å². The molecule has 0 spiro atoms. The number of ether oxygens (including phenoxy) is 1. The molecule has 8 heteroatoms. The van der Waals surface area contributed by atoms with Crippen molar-refractivity contribution < 1.29 is 18.7 Å². The van der Waals surface area contributed by atoms with Crippen molar-refractivity contribution in [1.29, 1.82) is 0 Å². The molecule has 1 amide bonds. The van der Waals surface area contributed by atoms with Crippen molar-refractivity contribution in [2.24, 2.45) is 0 Å². The molecule has 8 nitrogen and oxygen atoms in total. The molecule has 0 radical (unpaired) electrons. The maximum absolute atomic E-state index is 11.7. The minimum Gasteiger partial charge on any atom is -0.466 e. The summed E-state index contributed by atoms with van der Waals surface area (Å²) in [4.78, 5) is 33.4. The molecule has 1 aliphatic rings. The minimum atomic E-state index is -0.514. The van der Waals surface area contributed by atoms with Crippen LogP contribution in [0.3, 0.4) is 0 Å². The summed E-state index contributed by atoms with van der Waals surface area (Å²) in [6.07, 6.45) is 1.33. The highest BCUT2D eigenvalue weighted by molar-refractivity contribution is 5.87. The fourth-order valence-electron chi connectivity index (χ4n) is 3.08. The van der Waals surface area contributed by atoms with Crippen LogP contribution in [0.1, 0.15) is 34.9 Å². The van der Waals surface area contributed by atoms with Crippen LogP contribution in [0.15, 0.2) is 28.9 Å². The van der Waals surface area contributed by atoms with Crippen LogP contribution >= 0.6 is 0 Å². The lowest BCUT2D eigenvalue weighted by atomic mass is 10.0. The number of hydrogen-bond donors (Lipinski definition) is 1. The minimum absolute atomic E-state index is 0.00542. The molecule has 3 rings (SSSR count). The van der Waals surface area contributed by atoms with Gasteiger partial charge < -0.3 is 19.4 Å². The number of furan rings is 1. The Bertz CT molecular complexity index is 788. The molecule has 0 aromatic carbocycles. The normalized spacial score (nSPS) is 19.7. The lowest BCUT2D eigenvalue weighted by molar-refractivity contribution is -0.119. The van der Waals surface area contributed by atoms with E-state index in [1.54, 1.807) is 6.07 Å². The lowest BCUT2D eigenvalue weighted by Crippen LogP contribution is -2.38. The average Bonchev–Trinajstić information content (AvgIpc) is 3.20. The van der Waals surface area contributed by atoms with E-state index in [1.807, 2.05) is 24.0 Å². The summed E-state index contributed by atoms with van der Waals surface area (Å²) in [6.45, 7) is 4.54. The van der Waals surface area contributed by atoms with Gasteiger partial charge in [0.15, 0.2) is 5.69 Å². The van der Waals surface area contributed by atoms with Gasteiger partial charge in [0.1, 0.15) is 23.7 Å². The van der Waals surface area contributed by atoms with E-state index in [2.05, 4.69) is 15.3 Å². The van der Waals surface area contributed by atoms with Crippen LogP contribution in [0.5, 0.6) is 0 Å². The van der Waals surface area contributed by atoms with Gasteiger partial charge in [-0.15, -0.1) is 0 Å². The summed E-state index contributed by atoms with van der Waals surface area (Å²) in [5, 5.41) is 2.97. The van der Waals surface area contributed by atoms with E-state index in [4.69, 9.17) is 9.15 Å². The first kappa shape index (κ1) is 16.9. The van der Waals surface area contributed by atoms with Gasteiger partial charge in [0.25, 0.3) is 0 Å². The van der Waals surface area contributed by atoms with Crippen molar-refractivity contribution in [1.82, 2.24) is 15.3 Å². The second kappa shape index (κ2) is 6.92. The van der Waals surface area contributed by atoms with Crippen LogP contribution in [0.4, 0.5) is 5.82 Å². The molecule has 0 saturated carbocycles. The fraction of sp³-hybridized carbons (Fsp3) is 0.412. The predicted octanol–water partition coefficient (Wildman–Crippen LogP) is 1.27. The molecule has 3 heterocycles. The highest BCUT2D eigenvalue weighted by atomic mass is 16.5. The number of nitrogens with zero attached hydrogens (tertiary/aromatic N) is 3. The van der Waals surface area contributed by atoms with Gasteiger partial charge in [0.05, 0.1) is 19.1 Å². The SMILES string of the molecule is COC(=O)c1cc(N2CC(NC(C)=O)C(c3ccc(C)o3)C2)ncn1. The van der Waals surface area contributed by atoms with Gasteiger partial charge in [-0.1, -0.05) is 0 Å². The third-order valence-corrected chi connectivity index (χ3v) is 4.21. The lowest BCUT2D eigenvalue weighted by Gasteiger charge is -2.17. The number of carbonyl (C=O) groups is 2. The zero-order valence-electron chi connectivity index (χ0n) is 14.4. The first-order valence-corrected chi connectivity index (χ1v) is 7.96. The molecule has 1 aliphatic heterocycles. The molecule has 132 valence electrons. The Morgan fingerprint density at radius 3 is 2.76 bits per heavy atom. The largest absolute Gasteiger partial charge is 0.466 e. The summed E-state index contributed by atoms with van der Waals surface area (Å²) in [5.74, 6) is 1.63. The van der Waals surface area contributed by atoms with Crippen LogP contribution in [-0.4, -0.2) is 48.1 Å². The number of aryl methyl sites for hydroxylation is 1. The molecule has 1 N–H and O–H groups in total. The van der Waals surface area contributed by atoms with E-state index in [9.17, 15) is 9.59 Å². The van der Waals surface area contributed by atoms with Gasteiger partial charge in [-0.25, -0.2) is 14.8 Å². The van der Waals surface area contributed by atoms with Crippen molar-refractivity contribution in [3.05, 3.63) is 41.7 Å². The van der Waals surface area contributed by atoms with E-state index < -0.39 is 5.97 Å². The van der Waals surface area contributed by atoms with Crippen molar-refractivity contribution in [2.75, 3.05) is 25.1 Å². The quantitative estimate of drug-likeness (QED) is 0.834. The molecule has 1 saturated heterocycles. The highest BCUT2D eigenvalue weighted by Gasteiger charge is 2.37. The molecule has 2 unspecified atom stereocenters. The van der Waals surface area contributed by atoms with Crippen molar-refractivity contribution in [2.45, 2.75) is 25.8 Å². The molecular weight excluding hydrogens is 324 g/mol. The Morgan fingerprint density at radius 2 is 2.12 bits per heavy atom. The smallest absolute Gasteiger partial charge is 0.356 e. The second-order valence-corrected chi connectivity index (χ2v) is 6.02. The van der Waals surface area contributed by atoms with Gasteiger partial charge in [0.2, 0.25) is 5.91 Å². The molecule has 2 aromatic rings. The van der Waals surface area contributed by atoms with E-state index >= 15 is 0 Å². The van der Waals surface area contributed by atoms with Crippen LogP contribution < -0.4 is 10.2 Å². The molecule has 2 aromatic heterocycles. The molecule has 2 atom stereocenters. The number of rotatable bonds is 4. The van der Waals surface area contributed by atoms with Gasteiger partial charge in [-0.3, -0.25) is 4.79 Å². The van der Waals surface area contributed by atoms with Crippen LogP contribution in [-0.2, 0) is 9.53 Å². The van der Waals surface area contributed by atoms with Crippen LogP contribution in [0, 0.1) is 6.92 Å². The summed E-state index contributed by atoms with van der Waals surface area (Å²) >= 11 is 0. The van der Waals surface area contributed by atoms with E-state index in [-0.39, 0.29) is 23.6 Å². The average molecular weight is 344 g/mol. The number of esters is 1. The van der Waals surface area contributed by atoms with Crippen LogP contribution in [0.2, 0.25) is 0 Å². The number of carbonyl (C=O) groups excluding carboxylic acids is 2. The molecule has 0 bridgehead atoms. The highest BCUT2D eigenvalue weighted by Crippen LogP contribution is 2.31. The zero-order chi connectivity index (χ0) is 18.0. The van der Waals surface area contributed by atoms with Gasteiger partial charge in [-0.2, -0.15) is 0 Å². The van der Waals surface area contributed by atoms with Gasteiger partial charge in [0, 0.05) is 26.1 Å². The van der Waals surface area contributed by atoms with Crippen molar-refractivity contribution >= 4 is 17.7 Å². The van der Waals surface area contributed by atoms with E-state index in [1.165, 1.54) is 20.4 Å². The summed E-state index contributed by atoms with van der Waals surface area (Å²) in [5.41, 5.74) is 0.195. The number of aromatic nitrogens is 2. The van der Waals surface area contributed by atoms with Crippen LogP contribution in [0.25, 0.3) is 0 Å². The Hall–Kier alpha value is -2.90. The third kappa shape index (κ3) is 3.62. The maximum Gasteiger partial charge on any atom is 0.356 e. The summed E-state index contributed by atoms with van der Waals surface area (Å²) in [6, 6.07) is 5.31. The predicted molar refractivity (Wildman–Crippen MR) is 89.4 cm³/mol. The number of anilines is 1. The standard InChI is InChI=1S/C17H20N4O4/c1-10-4-5-15(25-10)12-7-21(8-14(12)20-11(2)22)16-6-13(17(23)24-3)18-9-19-16/h4-6,9,12,14H,7-8H2,1-3H3,(H,20,22). The number of nitrogens with one attached hydrogen (secondary N) is 1. The number of methoxy groups -OCH3 is 1. The number of hydrogen-bond acceptors (Lipinski definition) is 7. The summed E-state index contributed by atoms with van der Waals surface area (Å²) in [7, 11) is 1.31. The van der Waals surface area contributed by atoms with Crippen molar-refractivity contribution in [3.8, 4) is 0 Å². The Balaban J connectivity index is 1.86. The third-order valence-electron chi connectivity index (χ3n) is 4.21. The van der Waals surface area contributed by atoms with E-state index in [0.717, 1.165) is 11.5 Å². The molecule has 1 fully saturated rings. The monoisotopic (exact) mass is 344 g/mol. The van der Waals surface area contributed by atoms with Crippen molar-refractivity contribution in [3.63, 3.8) is 0 Å². The second-order valence-electron chi connectivity index (χ2n) is 6.02. The first-order valence-electron chi connectivity index (χ1n) is 7.96. The molecule has 0 aliphatic carbocycles.